The van der Waals surface area contributed by atoms with Gasteiger partial charge in [-0.3, -0.25) is 4.79 Å². The van der Waals surface area contributed by atoms with Gasteiger partial charge >= 0.3 is 0 Å². The van der Waals surface area contributed by atoms with Crippen LogP contribution < -0.4 is 5.32 Å². The Morgan fingerprint density at radius 3 is 2.67 bits per heavy atom. The second-order valence-electron chi connectivity index (χ2n) is 7.97. The van der Waals surface area contributed by atoms with Gasteiger partial charge in [0.1, 0.15) is 15.2 Å². The van der Waals surface area contributed by atoms with Gasteiger partial charge in [-0.15, -0.1) is 0 Å². The number of carbonyl (C=O) groups is 1. The molecule has 5 rings (SSSR count). The minimum absolute atomic E-state index is 0.0167. The Kier molecular flexibility index (Phi) is 4.82. The van der Waals surface area contributed by atoms with Gasteiger partial charge in [0, 0.05) is 18.2 Å². The highest BCUT2D eigenvalue weighted by Gasteiger charge is 2.36. The Labute approximate surface area is 178 Å². The van der Waals surface area contributed by atoms with Crippen LogP contribution in [0.1, 0.15) is 60.9 Å². The molecule has 0 unspecified atom stereocenters. The van der Waals surface area contributed by atoms with Gasteiger partial charge in [-0.2, -0.15) is 0 Å². The van der Waals surface area contributed by atoms with E-state index in [2.05, 4.69) is 15.3 Å². The molecular weight excluding hydrogens is 428 g/mol. The fourth-order valence-electron chi connectivity index (χ4n) is 3.90. The van der Waals surface area contributed by atoms with Gasteiger partial charge in [0.15, 0.2) is 10.9 Å². The Morgan fingerprint density at radius 2 is 1.93 bits per heavy atom. The minimum Gasteiger partial charge on any atom is -0.441 e. The molecule has 2 aliphatic rings. The molecule has 1 amide bonds. The second-order valence-corrected chi connectivity index (χ2v) is 10.7. The molecule has 0 saturated heterocycles. The molecule has 1 atom stereocenters. The van der Waals surface area contributed by atoms with Crippen molar-refractivity contribution in [1.82, 2.24) is 15.3 Å². The number of fused-ring (bicyclic) bond motifs is 1. The molecule has 8 nitrogen and oxygen atoms in total. The van der Waals surface area contributed by atoms with Crippen LogP contribution in [0.5, 0.6) is 0 Å². The lowest BCUT2D eigenvalue weighted by Gasteiger charge is -2.27. The molecule has 2 saturated carbocycles. The number of carbonyl (C=O) groups excluding carboxylic acids is 1. The number of nitrogens with one attached hydrogen (secondary N) is 2. The molecule has 3 aromatic rings. The van der Waals surface area contributed by atoms with E-state index < -0.39 is 9.73 Å². The quantitative estimate of drug-likeness (QED) is 0.592. The van der Waals surface area contributed by atoms with Crippen molar-refractivity contribution >= 4 is 38.5 Å². The summed E-state index contributed by atoms with van der Waals surface area (Å²) in [5.41, 5.74) is 1.13. The molecule has 0 aromatic carbocycles. The van der Waals surface area contributed by atoms with Crippen LogP contribution in [0.25, 0.3) is 11.2 Å². The molecular formula is C20H21ClN4O4S. The number of oxazole rings is 1. The fourth-order valence-corrected chi connectivity index (χ4v) is 5.67. The molecule has 0 bridgehead atoms. The first kappa shape index (κ1) is 19.6. The number of hydrogen-bond acceptors (Lipinski definition) is 7. The standard InChI is InChI=1S/C20H21ClN4O4S/c21-12-9-15-20(23-10-12)29-19(25-15)11-1-3-13(4-2-11)24-18(26)16-7-8-17(28-16)30(22,27)14-5-6-14/h7-11,13-14,22H,1-6H2,(H,24,26)/t11-,13+,30-/m1/s1. The summed E-state index contributed by atoms with van der Waals surface area (Å²) in [5.74, 6) is 0.601. The van der Waals surface area contributed by atoms with Crippen molar-refractivity contribution in [3.8, 4) is 0 Å². The Morgan fingerprint density at radius 1 is 1.17 bits per heavy atom. The highest BCUT2D eigenvalue weighted by atomic mass is 35.5. The summed E-state index contributed by atoms with van der Waals surface area (Å²) in [6.45, 7) is 0. The first-order chi connectivity index (χ1) is 14.4. The van der Waals surface area contributed by atoms with Crippen molar-refractivity contribution in [2.45, 2.75) is 60.8 Å². The van der Waals surface area contributed by atoms with Crippen LogP contribution in [0, 0.1) is 4.78 Å². The van der Waals surface area contributed by atoms with Crippen molar-refractivity contribution in [3.63, 3.8) is 0 Å². The van der Waals surface area contributed by atoms with E-state index in [9.17, 15) is 9.00 Å². The average molecular weight is 449 g/mol. The summed E-state index contributed by atoms with van der Waals surface area (Å²) < 4.78 is 31.7. The summed E-state index contributed by atoms with van der Waals surface area (Å²) in [4.78, 5) is 21.2. The van der Waals surface area contributed by atoms with Gasteiger partial charge in [-0.05, 0) is 56.7 Å². The van der Waals surface area contributed by atoms with Crippen molar-refractivity contribution < 1.29 is 17.8 Å². The number of nitrogens with zero attached hydrogens (tertiary/aromatic N) is 2. The molecule has 10 heteroatoms. The highest BCUT2D eigenvalue weighted by molar-refractivity contribution is 7.93. The lowest BCUT2D eigenvalue weighted by Crippen LogP contribution is -2.37. The number of amides is 1. The van der Waals surface area contributed by atoms with Crippen molar-refractivity contribution in [3.05, 3.63) is 41.1 Å². The molecule has 2 fully saturated rings. The molecule has 2 aliphatic carbocycles. The van der Waals surface area contributed by atoms with E-state index in [1.165, 1.54) is 18.3 Å². The number of pyridine rings is 1. The summed E-state index contributed by atoms with van der Waals surface area (Å²) in [6, 6.07) is 4.75. The largest absolute Gasteiger partial charge is 0.441 e. The van der Waals surface area contributed by atoms with Crippen LogP contribution in [-0.4, -0.2) is 31.4 Å². The molecule has 0 radical (unpaired) electrons. The zero-order valence-corrected chi connectivity index (χ0v) is 17.7. The maximum Gasteiger partial charge on any atom is 0.287 e. The van der Waals surface area contributed by atoms with Crippen LogP contribution in [0.2, 0.25) is 5.02 Å². The number of furan rings is 1. The third-order valence-corrected chi connectivity index (χ3v) is 8.17. The lowest BCUT2D eigenvalue weighted by atomic mass is 9.86. The second kappa shape index (κ2) is 7.39. The minimum atomic E-state index is -2.94. The number of aromatic nitrogens is 2. The molecule has 158 valence electrons. The summed E-state index contributed by atoms with van der Waals surface area (Å²) in [5, 5.41) is 3.46. The first-order valence-electron chi connectivity index (χ1n) is 10.0. The predicted molar refractivity (Wildman–Crippen MR) is 110 cm³/mol. The van der Waals surface area contributed by atoms with Crippen LogP contribution in [-0.2, 0) is 9.73 Å². The van der Waals surface area contributed by atoms with Crippen molar-refractivity contribution in [2.24, 2.45) is 0 Å². The zero-order chi connectivity index (χ0) is 20.9. The van der Waals surface area contributed by atoms with E-state index in [0.29, 0.717) is 22.1 Å². The van der Waals surface area contributed by atoms with Crippen LogP contribution in [0.3, 0.4) is 0 Å². The van der Waals surface area contributed by atoms with Gasteiger partial charge < -0.3 is 14.2 Å². The molecule has 0 aliphatic heterocycles. The van der Waals surface area contributed by atoms with Gasteiger partial charge in [0.2, 0.25) is 11.6 Å². The number of rotatable bonds is 5. The highest BCUT2D eigenvalue weighted by Crippen LogP contribution is 2.36. The fraction of sp³-hybridized carbons (Fsp3) is 0.450. The SMILES string of the molecule is N=[S@](=O)(c1ccc(C(=O)N[C@H]2CC[C@@H](c3nc4cc(Cl)cnc4o3)CC2)o1)C1CC1. The molecule has 30 heavy (non-hydrogen) atoms. The van der Waals surface area contributed by atoms with E-state index >= 15 is 0 Å². The number of hydrogen-bond donors (Lipinski definition) is 2. The van der Waals surface area contributed by atoms with Gasteiger partial charge in [0.05, 0.1) is 10.3 Å². The van der Waals surface area contributed by atoms with Crippen LogP contribution in [0.15, 0.2) is 38.3 Å². The van der Waals surface area contributed by atoms with E-state index in [0.717, 1.165) is 38.5 Å². The van der Waals surface area contributed by atoms with Crippen molar-refractivity contribution in [1.29, 1.82) is 4.78 Å². The summed E-state index contributed by atoms with van der Waals surface area (Å²) in [6.07, 6.45) is 6.32. The van der Waals surface area contributed by atoms with E-state index in [1.807, 2.05) is 0 Å². The molecule has 3 aromatic heterocycles. The normalized spacial score (nSPS) is 23.9. The Balaban J connectivity index is 1.20. The molecule has 2 N–H and O–H groups in total. The lowest BCUT2D eigenvalue weighted by molar-refractivity contribution is 0.0891. The third kappa shape index (κ3) is 3.72. The summed E-state index contributed by atoms with van der Waals surface area (Å²) in [7, 11) is -2.94. The average Bonchev–Trinajstić information content (AvgIpc) is 3.32. The first-order valence-corrected chi connectivity index (χ1v) is 12.0. The van der Waals surface area contributed by atoms with Crippen LogP contribution in [0.4, 0.5) is 0 Å². The maximum absolute atomic E-state index is 12.5. The zero-order valence-electron chi connectivity index (χ0n) is 16.1. The Bertz CT molecular complexity index is 1210. The molecule has 3 heterocycles. The summed E-state index contributed by atoms with van der Waals surface area (Å²) >= 11 is 5.96. The maximum atomic E-state index is 12.5. The predicted octanol–water partition coefficient (Wildman–Crippen LogP) is 4.49. The number of halogens is 1. The van der Waals surface area contributed by atoms with E-state index in [1.54, 1.807) is 6.07 Å². The third-order valence-electron chi connectivity index (χ3n) is 5.74. The monoisotopic (exact) mass is 448 g/mol. The van der Waals surface area contributed by atoms with Gasteiger partial charge in [-0.1, -0.05) is 11.6 Å². The molecule has 0 spiro atoms. The van der Waals surface area contributed by atoms with Crippen LogP contribution >= 0.6 is 11.6 Å². The van der Waals surface area contributed by atoms with E-state index in [-0.39, 0.29) is 34.0 Å². The van der Waals surface area contributed by atoms with Gasteiger partial charge in [-0.25, -0.2) is 19.0 Å². The van der Waals surface area contributed by atoms with Crippen molar-refractivity contribution in [2.75, 3.05) is 0 Å². The topological polar surface area (TPSA) is 122 Å². The Hall–Kier alpha value is -2.39. The smallest absolute Gasteiger partial charge is 0.287 e. The van der Waals surface area contributed by atoms with Gasteiger partial charge in [0.25, 0.3) is 5.91 Å². The van der Waals surface area contributed by atoms with E-state index in [4.69, 9.17) is 25.2 Å².